The predicted octanol–water partition coefficient (Wildman–Crippen LogP) is 8.53. The molecule has 0 fully saturated rings. The summed E-state index contributed by atoms with van der Waals surface area (Å²) in [6, 6.07) is 14.1. The van der Waals surface area contributed by atoms with Crippen molar-refractivity contribution in [3.8, 4) is 16.9 Å². The second kappa shape index (κ2) is 14.4. The number of carbonyl (C=O) groups is 1. The Balaban J connectivity index is 1.49. The Labute approximate surface area is 291 Å². The fourth-order valence-corrected chi connectivity index (χ4v) is 7.22. The van der Waals surface area contributed by atoms with E-state index in [4.69, 9.17) is 30.9 Å². The number of hydrogen-bond donors (Lipinski definition) is 1. The summed E-state index contributed by atoms with van der Waals surface area (Å²) in [5.41, 5.74) is 4.43. The topological polar surface area (TPSA) is 87.7 Å². The van der Waals surface area contributed by atoms with Crippen LogP contribution in [0, 0.1) is 5.82 Å². The maximum absolute atomic E-state index is 13.8. The summed E-state index contributed by atoms with van der Waals surface area (Å²) < 4.78 is 36.0. The summed E-state index contributed by atoms with van der Waals surface area (Å²) in [7, 11) is 1.91. The Morgan fingerprint density at radius 1 is 1.12 bits per heavy atom. The number of aromatic nitrogens is 3. The van der Waals surface area contributed by atoms with Crippen molar-refractivity contribution < 1.29 is 28.5 Å². The molecular weight excluding hydrogens is 645 g/mol. The Hall–Kier alpha value is -4.18. The minimum Gasteiger partial charge on any atom is -0.493 e. The van der Waals surface area contributed by atoms with Crippen LogP contribution >= 0.6 is 11.6 Å². The van der Waals surface area contributed by atoms with E-state index in [1.165, 1.54) is 12.1 Å². The molecule has 1 N–H and O–H groups in total. The van der Waals surface area contributed by atoms with Gasteiger partial charge in [0.15, 0.2) is 0 Å². The molecule has 6 rings (SSSR count). The van der Waals surface area contributed by atoms with Gasteiger partial charge in [-0.15, -0.1) is 0 Å². The molecule has 0 bridgehead atoms. The number of aryl methyl sites for hydroxylation is 2. The molecule has 258 valence electrons. The van der Waals surface area contributed by atoms with E-state index in [0.29, 0.717) is 67.6 Å². The molecule has 0 amide bonds. The first-order valence-corrected chi connectivity index (χ1v) is 17.3. The SMILES string of the molecule is CCOC(=O)c1c(CCCOc2cccc3cc(F)ccc23)c2ccc(Cl)c3c2n1C/C=C\COC(CC(C)(C)O)c1nn(C)c(CC)c1-3. The number of nitrogens with zero attached hydrogens (tertiary/aromatic N) is 3. The molecule has 0 spiro atoms. The third-order valence-electron chi connectivity index (χ3n) is 8.99. The third kappa shape index (κ3) is 6.98. The van der Waals surface area contributed by atoms with Crippen LogP contribution in [0.4, 0.5) is 4.39 Å². The standard InChI is InChI=1S/C39H43ClFN3O5/c1-6-30-34-33-29(40)18-17-28-27(13-11-21-48-31-14-10-12-24-22-25(41)15-16-26(24)31)37(38(45)47-7-2)44(36(28)33)19-8-9-20-49-32(23-39(3,4)46)35(34)42-43(30)5/h8-10,12,14-18,22,32,46H,6-7,11,13,19-21,23H2,1-5H3/b9-8-. The quantitative estimate of drug-likeness (QED) is 0.0900. The number of allylic oxidation sites excluding steroid dienone is 1. The van der Waals surface area contributed by atoms with E-state index >= 15 is 0 Å². The van der Waals surface area contributed by atoms with E-state index in [0.717, 1.165) is 44.1 Å². The smallest absolute Gasteiger partial charge is 0.355 e. The number of halogens is 2. The van der Waals surface area contributed by atoms with Crippen LogP contribution in [0.25, 0.3) is 32.8 Å². The van der Waals surface area contributed by atoms with Crippen molar-refractivity contribution in [3.05, 3.63) is 94.2 Å². The van der Waals surface area contributed by atoms with Gasteiger partial charge in [-0.25, -0.2) is 9.18 Å². The third-order valence-corrected chi connectivity index (χ3v) is 9.31. The molecule has 0 saturated carbocycles. The first kappa shape index (κ1) is 34.7. The molecule has 1 atom stereocenters. The summed E-state index contributed by atoms with van der Waals surface area (Å²) in [4.78, 5) is 13.8. The van der Waals surface area contributed by atoms with E-state index in [1.54, 1.807) is 26.8 Å². The average molecular weight is 688 g/mol. The van der Waals surface area contributed by atoms with Crippen LogP contribution < -0.4 is 4.74 Å². The summed E-state index contributed by atoms with van der Waals surface area (Å²) in [6.45, 7) is 8.70. The largest absolute Gasteiger partial charge is 0.493 e. The van der Waals surface area contributed by atoms with Gasteiger partial charge < -0.3 is 23.9 Å². The number of aliphatic hydroxyl groups is 1. The number of esters is 1. The molecule has 1 unspecified atom stereocenters. The first-order valence-electron chi connectivity index (χ1n) is 16.9. The molecule has 10 heteroatoms. The lowest BCUT2D eigenvalue weighted by atomic mass is 9.92. The Bertz CT molecular complexity index is 2040. The van der Waals surface area contributed by atoms with Gasteiger partial charge in [0.1, 0.15) is 23.4 Å². The van der Waals surface area contributed by atoms with Crippen molar-refractivity contribution in [2.24, 2.45) is 7.05 Å². The fourth-order valence-electron chi connectivity index (χ4n) is 6.97. The Morgan fingerprint density at radius 3 is 2.67 bits per heavy atom. The van der Waals surface area contributed by atoms with Gasteiger partial charge in [0.05, 0.1) is 41.7 Å². The predicted molar refractivity (Wildman–Crippen MR) is 191 cm³/mol. The van der Waals surface area contributed by atoms with Gasteiger partial charge in [0, 0.05) is 47.6 Å². The summed E-state index contributed by atoms with van der Waals surface area (Å²) >= 11 is 7.15. The van der Waals surface area contributed by atoms with Gasteiger partial charge in [0.25, 0.3) is 0 Å². The molecule has 3 heterocycles. The number of fused-ring (bicyclic) bond motifs is 3. The molecule has 0 aliphatic carbocycles. The molecule has 8 nitrogen and oxygen atoms in total. The lowest BCUT2D eigenvalue weighted by Gasteiger charge is -2.25. The van der Waals surface area contributed by atoms with E-state index in [2.05, 4.69) is 6.92 Å². The van der Waals surface area contributed by atoms with E-state index in [9.17, 15) is 14.3 Å². The molecule has 1 aliphatic rings. The number of carbonyl (C=O) groups excluding carboxylic acids is 1. The Kier molecular flexibility index (Phi) is 10.2. The maximum Gasteiger partial charge on any atom is 0.355 e. The molecule has 5 aromatic rings. The molecule has 2 aromatic heterocycles. The van der Waals surface area contributed by atoms with Crippen LogP contribution in [0.1, 0.15) is 74.1 Å². The van der Waals surface area contributed by atoms with E-state index in [-0.39, 0.29) is 12.4 Å². The zero-order chi connectivity index (χ0) is 34.9. The van der Waals surface area contributed by atoms with Crippen molar-refractivity contribution in [2.45, 2.75) is 71.6 Å². The van der Waals surface area contributed by atoms with Crippen molar-refractivity contribution in [3.63, 3.8) is 0 Å². The molecule has 1 aliphatic heterocycles. The zero-order valence-electron chi connectivity index (χ0n) is 28.7. The fraction of sp³-hybridized carbons (Fsp3) is 0.385. The van der Waals surface area contributed by atoms with E-state index < -0.39 is 17.7 Å². The summed E-state index contributed by atoms with van der Waals surface area (Å²) in [5, 5.41) is 18.9. The van der Waals surface area contributed by atoms with Crippen LogP contribution in [0.2, 0.25) is 5.02 Å². The number of hydrogen-bond acceptors (Lipinski definition) is 6. The average Bonchev–Trinajstić information content (AvgIpc) is 3.54. The van der Waals surface area contributed by atoms with Crippen molar-refractivity contribution in [1.29, 1.82) is 0 Å². The van der Waals surface area contributed by atoms with Crippen molar-refractivity contribution >= 4 is 39.2 Å². The van der Waals surface area contributed by atoms with Gasteiger partial charge in [-0.2, -0.15) is 5.10 Å². The minimum absolute atomic E-state index is 0.229. The molecule has 49 heavy (non-hydrogen) atoms. The first-order chi connectivity index (χ1) is 23.5. The van der Waals surface area contributed by atoms with Crippen molar-refractivity contribution in [2.75, 3.05) is 19.8 Å². The van der Waals surface area contributed by atoms with Crippen LogP contribution in [0.15, 0.2) is 60.7 Å². The summed E-state index contributed by atoms with van der Waals surface area (Å²) in [5.74, 6) is -0.0230. The van der Waals surface area contributed by atoms with Gasteiger partial charge >= 0.3 is 5.97 Å². The highest BCUT2D eigenvalue weighted by Gasteiger charge is 2.33. The number of rotatable bonds is 10. The number of benzene rings is 3. The highest BCUT2D eigenvalue weighted by atomic mass is 35.5. The maximum atomic E-state index is 13.8. The second-order valence-electron chi connectivity index (χ2n) is 13.0. The van der Waals surface area contributed by atoms with Crippen LogP contribution in [-0.4, -0.2) is 50.8 Å². The van der Waals surface area contributed by atoms with Crippen LogP contribution in [0.5, 0.6) is 5.75 Å². The van der Waals surface area contributed by atoms with Gasteiger partial charge in [-0.1, -0.05) is 48.9 Å². The molecule has 3 aromatic carbocycles. The lowest BCUT2D eigenvalue weighted by molar-refractivity contribution is -0.0148. The normalized spacial score (nSPS) is 15.6. The highest BCUT2D eigenvalue weighted by Crippen LogP contribution is 2.45. The molecule has 0 radical (unpaired) electrons. The Morgan fingerprint density at radius 2 is 1.92 bits per heavy atom. The van der Waals surface area contributed by atoms with E-state index in [1.807, 2.05) is 58.8 Å². The molecular formula is C39H43ClFN3O5. The second-order valence-corrected chi connectivity index (χ2v) is 13.5. The lowest BCUT2D eigenvalue weighted by Crippen LogP contribution is -2.24. The zero-order valence-corrected chi connectivity index (χ0v) is 29.4. The monoisotopic (exact) mass is 687 g/mol. The van der Waals surface area contributed by atoms with Gasteiger partial charge in [-0.3, -0.25) is 4.68 Å². The number of ether oxygens (including phenoxy) is 3. The summed E-state index contributed by atoms with van der Waals surface area (Å²) in [6.07, 6.45) is 5.55. The minimum atomic E-state index is -1.01. The van der Waals surface area contributed by atoms with Crippen molar-refractivity contribution in [1.82, 2.24) is 14.3 Å². The molecule has 0 saturated heterocycles. The van der Waals surface area contributed by atoms with Gasteiger partial charge in [-0.05, 0) is 81.3 Å². The van der Waals surface area contributed by atoms with Crippen LogP contribution in [-0.2, 0) is 35.9 Å². The highest BCUT2D eigenvalue weighted by molar-refractivity contribution is 6.35. The van der Waals surface area contributed by atoms with Gasteiger partial charge in [0.2, 0.25) is 0 Å². The van der Waals surface area contributed by atoms with Crippen LogP contribution in [0.3, 0.4) is 0 Å².